The van der Waals surface area contributed by atoms with E-state index >= 15 is 0 Å². The average molecular weight is 521 g/mol. The summed E-state index contributed by atoms with van der Waals surface area (Å²) in [5.41, 5.74) is 4.26. The molecule has 2 unspecified atom stereocenters. The van der Waals surface area contributed by atoms with Gasteiger partial charge in [-0.25, -0.2) is 0 Å². The molecule has 1 N–H and O–H groups in total. The van der Waals surface area contributed by atoms with Crippen molar-refractivity contribution in [3.63, 3.8) is 0 Å². The number of ether oxygens (including phenoxy) is 1. The van der Waals surface area contributed by atoms with Crippen LogP contribution in [-0.4, -0.2) is 42.0 Å². The third-order valence-corrected chi connectivity index (χ3v) is 7.60. The SMILES string of the molecule is CCCCCCCCCC(OCC1Cc2ccccc2CN1C(=O)c1ccc(C)cc1)C(=O)NCCCC. The van der Waals surface area contributed by atoms with Crippen molar-refractivity contribution in [3.8, 4) is 0 Å². The van der Waals surface area contributed by atoms with Crippen LogP contribution in [0.4, 0.5) is 0 Å². The molecule has 0 aromatic heterocycles. The van der Waals surface area contributed by atoms with Crippen molar-refractivity contribution in [2.75, 3.05) is 13.2 Å². The molecule has 3 rings (SSSR count). The molecule has 2 atom stereocenters. The minimum atomic E-state index is -0.476. The van der Waals surface area contributed by atoms with Crippen molar-refractivity contribution in [2.45, 2.75) is 110 Å². The average Bonchev–Trinajstić information content (AvgIpc) is 2.93. The van der Waals surface area contributed by atoms with Crippen molar-refractivity contribution >= 4 is 11.8 Å². The van der Waals surface area contributed by atoms with Gasteiger partial charge in [-0.3, -0.25) is 9.59 Å². The molecule has 0 fully saturated rings. The Balaban J connectivity index is 1.67. The molecule has 2 aromatic carbocycles. The van der Waals surface area contributed by atoms with Gasteiger partial charge in [0.05, 0.1) is 12.6 Å². The number of hydrogen-bond donors (Lipinski definition) is 1. The molecule has 0 saturated heterocycles. The van der Waals surface area contributed by atoms with Gasteiger partial charge in [-0.2, -0.15) is 0 Å². The van der Waals surface area contributed by atoms with Crippen LogP contribution >= 0.6 is 0 Å². The fraction of sp³-hybridized carbons (Fsp3) is 0.576. The second-order valence-corrected chi connectivity index (χ2v) is 10.8. The van der Waals surface area contributed by atoms with Gasteiger partial charge >= 0.3 is 0 Å². The fourth-order valence-corrected chi connectivity index (χ4v) is 5.14. The summed E-state index contributed by atoms with van der Waals surface area (Å²) >= 11 is 0. The zero-order chi connectivity index (χ0) is 27.2. The van der Waals surface area contributed by atoms with E-state index in [0.29, 0.717) is 25.3 Å². The van der Waals surface area contributed by atoms with E-state index in [1.165, 1.54) is 43.2 Å². The van der Waals surface area contributed by atoms with Gasteiger partial charge in [0, 0.05) is 18.7 Å². The first-order chi connectivity index (χ1) is 18.5. The van der Waals surface area contributed by atoms with Gasteiger partial charge < -0.3 is 15.0 Å². The fourth-order valence-electron chi connectivity index (χ4n) is 5.14. The van der Waals surface area contributed by atoms with E-state index in [1.54, 1.807) is 0 Å². The number of aryl methyl sites for hydroxylation is 1. The van der Waals surface area contributed by atoms with Crippen LogP contribution in [0.2, 0.25) is 0 Å². The van der Waals surface area contributed by atoms with E-state index < -0.39 is 6.10 Å². The highest BCUT2D eigenvalue weighted by molar-refractivity contribution is 5.94. The standard InChI is InChI=1S/C33H48N2O3/c1-4-6-8-9-10-11-12-17-31(32(36)34-22-7-5-2)38-25-30-23-28-15-13-14-16-29(28)24-35(30)33(37)27-20-18-26(3)19-21-27/h13-16,18-21,30-31H,4-12,17,22-25H2,1-3H3,(H,34,36). The van der Waals surface area contributed by atoms with Crippen molar-refractivity contribution in [3.05, 3.63) is 70.8 Å². The topological polar surface area (TPSA) is 58.6 Å². The minimum absolute atomic E-state index is 0.0166. The van der Waals surface area contributed by atoms with Crippen molar-refractivity contribution in [2.24, 2.45) is 0 Å². The summed E-state index contributed by atoms with van der Waals surface area (Å²) in [6.07, 6.45) is 11.4. The maximum absolute atomic E-state index is 13.6. The summed E-state index contributed by atoms with van der Waals surface area (Å²) in [4.78, 5) is 28.6. The Hall–Kier alpha value is -2.66. The monoisotopic (exact) mass is 520 g/mol. The van der Waals surface area contributed by atoms with Crippen molar-refractivity contribution in [1.29, 1.82) is 0 Å². The molecule has 0 aliphatic carbocycles. The van der Waals surface area contributed by atoms with Crippen LogP contribution in [0.25, 0.3) is 0 Å². The van der Waals surface area contributed by atoms with Gasteiger partial charge in [-0.1, -0.05) is 107 Å². The molecule has 0 spiro atoms. The Labute approximate surface area is 230 Å². The quantitative estimate of drug-likeness (QED) is 0.242. The Kier molecular flexibility index (Phi) is 12.8. The lowest BCUT2D eigenvalue weighted by Crippen LogP contribution is -2.48. The lowest BCUT2D eigenvalue weighted by Gasteiger charge is -2.37. The first kappa shape index (κ1) is 29.9. The highest BCUT2D eigenvalue weighted by atomic mass is 16.5. The number of unbranched alkanes of at least 4 members (excludes halogenated alkanes) is 7. The number of nitrogens with one attached hydrogen (secondary N) is 1. The van der Waals surface area contributed by atoms with Crippen LogP contribution in [-0.2, 0) is 22.5 Å². The number of amides is 2. The molecular formula is C33H48N2O3. The summed E-state index contributed by atoms with van der Waals surface area (Å²) in [5.74, 6) is 0.00110. The molecule has 1 aliphatic rings. The maximum atomic E-state index is 13.6. The van der Waals surface area contributed by atoms with Crippen LogP contribution in [0.1, 0.15) is 105 Å². The molecule has 0 radical (unpaired) electrons. The molecule has 1 heterocycles. The summed E-state index contributed by atoms with van der Waals surface area (Å²) in [6, 6.07) is 16.0. The van der Waals surface area contributed by atoms with Crippen molar-refractivity contribution in [1.82, 2.24) is 10.2 Å². The minimum Gasteiger partial charge on any atom is -0.366 e. The third kappa shape index (κ3) is 9.27. The van der Waals surface area contributed by atoms with Gasteiger partial charge in [0.2, 0.25) is 5.91 Å². The van der Waals surface area contributed by atoms with Crippen molar-refractivity contribution < 1.29 is 14.3 Å². The third-order valence-electron chi connectivity index (χ3n) is 7.60. The Morgan fingerprint density at radius 3 is 2.26 bits per heavy atom. The maximum Gasteiger partial charge on any atom is 0.254 e. The van der Waals surface area contributed by atoms with Crippen LogP contribution in [0.5, 0.6) is 0 Å². The number of rotatable bonds is 16. The summed E-state index contributed by atoms with van der Waals surface area (Å²) in [7, 11) is 0. The molecule has 1 aliphatic heterocycles. The molecule has 5 nitrogen and oxygen atoms in total. The van der Waals surface area contributed by atoms with Gasteiger partial charge in [0.15, 0.2) is 0 Å². The zero-order valence-electron chi connectivity index (χ0n) is 23.8. The molecule has 38 heavy (non-hydrogen) atoms. The Morgan fingerprint density at radius 2 is 1.55 bits per heavy atom. The second kappa shape index (κ2) is 16.3. The molecular weight excluding hydrogens is 472 g/mol. The van der Waals surface area contributed by atoms with E-state index in [9.17, 15) is 9.59 Å². The van der Waals surface area contributed by atoms with Gasteiger partial charge in [0.25, 0.3) is 5.91 Å². The molecule has 5 heteroatoms. The molecule has 2 aromatic rings. The van der Waals surface area contributed by atoms with Crippen LogP contribution < -0.4 is 5.32 Å². The number of fused-ring (bicyclic) bond motifs is 1. The largest absolute Gasteiger partial charge is 0.366 e. The molecule has 2 amide bonds. The molecule has 0 saturated carbocycles. The predicted molar refractivity (Wildman–Crippen MR) is 155 cm³/mol. The number of carbonyl (C=O) groups is 2. The summed E-state index contributed by atoms with van der Waals surface area (Å²) in [5, 5.41) is 3.08. The van der Waals surface area contributed by atoms with E-state index in [2.05, 4.69) is 37.4 Å². The van der Waals surface area contributed by atoms with Gasteiger partial charge in [-0.15, -0.1) is 0 Å². The molecule has 0 bridgehead atoms. The van der Waals surface area contributed by atoms with E-state index in [4.69, 9.17) is 4.74 Å². The number of benzene rings is 2. The Morgan fingerprint density at radius 1 is 0.895 bits per heavy atom. The van der Waals surface area contributed by atoms with E-state index in [1.807, 2.05) is 42.2 Å². The summed E-state index contributed by atoms with van der Waals surface area (Å²) < 4.78 is 6.36. The highest BCUT2D eigenvalue weighted by Crippen LogP contribution is 2.26. The second-order valence-electron chi connectivity index (χ2n) is 10.8. The first-order valence-electron chi connectivity index (χ1n) is 14.9. The van der Waals surface area contributed by atoms with Gasteiger partial charge in [0.1, 0.15) is 6.10 Å². The van der Waals surface area contributed by atoms with Crippen LogP contribution in [0, 0.1) is 6.92 Å². The van der Waals surface area contributed by atoms with Crippen LogP contribution in [0.15, 0.2) is 48.5 Å². The predicted octanol–water partition coefficient (Wildman–Crippen LogP) is 7.00. The normalized spacial score (nSPS) is 15.7. The van der Waals surface area contributed by atoms with Crippen LogP contribution in [0.3, 0.4) is 0 Å². The lowest BCUT2D eigenvalue weighted by atomic mass is 9.93. The number of nitrogens with zero attached hydrogens (tertiary/aromatic N) is 1. The van der Waals surface area contributed by atoms with E-state index in [-0.39, 0.29) is 17.9 Å². The zero-order valence-corrected chi connectivity index (χ0v) is 23.8. The highest BCUT2D eigenvalue weighted by Gasteiger charge is 2.32. The number of carbonyl (C=O) groups excluding carboxylic acids is 2. The molecule has 208 valence electrons. The summed E-state index contributed by atoms with van der Waals surface area (Å²) in [6.45, 7) is 7.98. The smallest absolute Gasteiger partial charge is 0.254 e. The lowest BCUT2D eigenvalue weighted by molar-refractivity contribution is -0.134. The van der Waals surface area contributed by atoms with Gasteiger partial charge in [-0.05, 0) is 49.4 Å². The van der Waals surface area contributed by atoms with E-state index in [0.717, 1.165) is 44.1 Å². The number of hydrogen-bond acceptors (Lipinski definition) is 3. The first-order valence-corrected chi connectivity index (χ1v) is 14.9. The Bertz CT molecular complexity index is 988.